The lowest BCUT2D eigenvalue weighted by atomic mass is 10.2. The molecular weight excluding hydrogens is 416 g/mol. The Morgan fingerprint density at radius 2 is 1.84 bits per heavy atom. The van der Waals surface area contributed by atoms with Gasteiger partial charge in [-0.1, -0.05) is 41.9 Å². The zero-order valence-corrected chi connectivity index (χ0v) is 18.0. The third-order valence-electron chi connectivity index (χ3n) is 4.30. The van der Waals surface area contributed by atoms with Gasteiger partial charge in [-0.25, -0.2) is 5.43 Å². The molecule has 1 atom stereocenters. The molecule has 0 aliphatic rings. The predicted octanol–water partition coefficient (Wildman–Crippen LogP) is 4.85. The minimum absolute atomic E-state index is 0.374. The fraction of sp³-hybridized carbons (Fsp3) is 0.167. The standard InChI is InChI=1S/C24H23ClN2O4/c1-17(31-22-11-6-9-20(25)14-22)24(28)27-26-15-19-8-3-4-12-23(19)30-16-18-7-5-10-21(13-18)29-2/h3-15,17H,16H2,1-2H3,(H,27,28)/b26-15-/t17-/m0/s1. The fourth-order valence-corrected chi connectivity index (χ4v) is 2.88. The van der Waals surface area contributed by atoms with Crippen molar-refractivity contribution in [3.05, 3.63) is 88.9 Å². The average molecular weight is 439 g/mol. The van der Waals surface area contributed by atoms with E-state index < -0.39 is 6.10 Å². The van der Waals surface area contributed by atoms with Crippen molar-refractivity contribution in [1.29, 1.82) is 0 Å². The van der Waals surface area contributed by atoms with Crippen LogP contribution in [-0.2, 0) is 11.4 Å². The summed E-state index contributed by atoms with van der Waals surface area (Å²) in [4.78, 5) is 12.3. The molecule has 0 bridgehead atoms. The average Bonchev–Trinajstić information content (AvgIpc) is 2.78. The van der Waals surface area contributed by atoms with E-state index in [1.807, 2.05) is 48.5 Å². The van der Waals surface area contributed by atoms with Crippen LogP contribution in [0.3, 0.4) is 0 Å². The molecule has 0 saturated heterocycles. The molecule has 0 fully saturated rings. The number of methoxy groups -OCH3 is 1. The summed E-state index contributed by atoms with van der Waals surface area (Å²) in [5.41, 5.74) is 4.19. The van der Waals surface area contributed by atoms with Crippen LogP contribution in [0.4, 0.5) is 0 Å². The highest BCUT2D eigenvalue weighted by atomic mass is 35.5. The summed E-state index contributed by atoms with van der Waals surface area (Å²) in [6, 6.07) is 22.0. The van der Waals surface area contributed by atoms with Crippen LogP contribution >= 0.6 is 11.6 Å². The van der Waals surface area contributed by atoms with Crippen molar-refractivity contribution in [3.63, 3.8) is 0 Å². The van der Waals surface area contributed by atoms with Gasteiger partial charge in [0.1, 0.15) is 23.9 Å². The van der Waals surface area contributed by atoms with E-state index in [4.69, 9.17) is 25.8 Å². The number of hydrogen-bond donors (Lipinski definition) is 1. The Balaban J connectivity index is 1.57. The highest BCUT2D eigenvalue weighted by molar-refractivity contribution is 6.30. The Hall–Kier alpha value is -3.51. The lowest BCUT2D eigenvalue weighted by molar-refractivity contribution is -0.127. The maximum Gasteiger partial charge on any atom is 0.280 e. The molecule has 1 amide bonds. The molecule has 3 aromatic carbocycles. The number of rotatable bonds is 9. The van der Waals surface area contributed by atoms with E-state index in [1.165, 1.54) is 6.21 Å². The molecule has 160 valence electrons. The van der Waals surface area contributed by atoms with Crippen molar-refractivity contribution in [2.45, 2.75) is 19.6 Å². The van der Waals surface area contributed by atoms with Crippen LogP contribution in [-0.4, -0.2) is 25.3 Å². The maximum absolute atomic E-state index is 12.3. The summed E-state index contributed by atoms with van der Waals surface area (Å²) in [5, 5.41) is 4.57. The summed E-state index contributed by atoms with van der Waals surface area (Å²) in [5.74, 6) is 1.54. The number of para-hydroxylation sites is 1. The minimum Gasteiger partial charge on any atom is -0.497 e. The molecule has 3 aromatic rings. The molecule has 0 radical (unpaired) electrons. The molecule has 0 spiro atoms. The Morgan fingerprint density at radius 1 is 1.06 bits per heavy atom. The number of carbonyl (C=O) groups excluding carboxylic acids is 1. The number of hydrogen-bond acceptors (Lipinski definition) is 5. The van der Waals surface area contributed by atoms with E-state index in [0.717, 1.165) is 16.9 Å². The Bertz CT molecular complexity index is 1060. The topological polar surface area (TPSA) is 69.2 Å². The third-order valence-corrected chi connectivity index (χ3v) is 4.54. The number of halogens is 1. The van der Waals surface area contributed by atoms with Crippen molar-refractivity contribution in [1.82, 2.24) is 5.43 Å². The molecule has 0 aliphatic heterocycles. The maximum atomic E-state index is 12.3. The molecule has 0 aliphatic carbocycles. The molecule has 31 heavy (non-hydrogen) atoms. The molecule has 7 heteroatoms. The van der Waals surface area contributed by atoms with Crippen LogP contribution in [0, 0.1) is 0 Å². The van der Waals surface area contributed by atoms with E-state index in [9.17, 15) is 4.79 Å². The van der Waals surface area contributed by atoms with Crippen LogP contribution in [0.15, 0.2) is 77.9 Å². The van der Waals surface area contributed by atoms with Gasteiger partial charge < -0.3 is 14.2 Å². The van der Waals surface area contributed by atoms with Gasteiger partial charge in [-0.05, 0) is 55.0 Å². The van der Waals surface area contributed by atoms with Gasteiger partial charge in [0.15, 0.2) is 6.10 Å². The summed E-state index contributed by atoms with van der Waals surface area (Å²) in [6.45, 7) is 2.01. The van der Waals surface area contributed by atoms with Crippen molar-refractivity contribution >= 4 is 23.7 Å². The summed E-state index contributed by atoms with van der Waals surface area (Å²) in [6.07, 6.45) is 0.792. The molecule has 6 nitrogen and oxygen atoms in total. The highest BCUT2D eigenvalue weighted by Gasteiger charge is 2.14. The first-order valence-electron chi connectivity index (χ1n) is 9.65. The first-order valence-corrected chi connectivity index (χ1v) is 10.0. The molecule has 1 N–H and O–H groups in total. The van der Waals surface area contributed by atoms with E-state index in [0.29, 0.717) is 23.1 Å². The first-order chi connectivity index (χ1) is 15.0. The SMILES string of the molecule is COc1cccc(COc2ccccc2/C=N\NC(=O)[C@H](C)Oc2cccc(Cl)c2)c1. The number of carbonyl (C=O) groups is 1. The van der Waals surface area contributed by atoms with Gasteiger partial charge in [-0.3, -0.25) is 4.79 Å². The third kappa shape index (κ3) is 6.76. The fourth-order valence-electron chi connectivity index (χ4n) is 2.70. The molecule has 0 heterocycles. The largest absolute Gasteiger partial charge is 0.497 e. The molecule has 0 aromatic heterocycles. The van der Waals surface area contributed by atoms with Crippen LogP contribution in [0.2, 0.25) is 5.02 Å². The summed E-state index contributed by atoms with van der Waals surface area (Å²) < 4.78 is 16.7. The van der Waals surface area contributed by atoms with Crippen LogP contribution in [0.1, 0.15) is 18.1 Å². The number of benzene rings is 3. The number of hydrazone groups is 1. The number of nitrogens with zero attached hydrogens (tertiary/aromatic N) is 1. The van der Waals surface area contributed by atoms with Gasteiger partial charge in [-0.2, -0.15) is 5.10 Å². The van der Waals surface area contributed by atoms with Crippen molar-refractivity contribution < 1.29 is 19.0 Å². The lowest BCUT2D eigenvalue weighted by Crippen LogP contribution is -2.33. The minimum atomic E-state index is -0.741. The molecule has 3 rings (SSSR count). The molecular formula is C24H23ClN2O4. The summed E-state index contributed by atoms with van der Waals surface area (Å²) >= 11 is 5.93. The monoisotopic (exact) mass is 438 g/mol. The van der Waals surface area contributed by atoms with Crippen LogP contribution < -0.4 is 19.6 Å². The zero-order valence-electron chi connectivity index (χ0n) is 17.2. The van der Waals surface area contributed by atoms with E-state index >= 15 is 0 Å². The number of amides is 1. The van der Waals surface area contributed by atoms with Gasteiger partial charge in [0.2, 0.25) is 0 Å². The van der Waals surface area contributed by atoms with Crippen molar-refractivity contribution in [2.24, 2.45) is 5.10 Å². The normalized spacial score (nSPS) is 11.7. The molecule has 0 saturated carbocycles. The van der Waals surface area contributed by atoms with E-state index in [-0.39, 0.29) is 5.91 Å². The second kappa shape index (κ2) is 11.0. The number of ether oxygens (including phenoxy) is 3. The molecule has 0 unspecified atom stereocenters. The smallest absolute Gasteiger partial charge is 0.280 e. The first kappa shape index (κ1) is 22.2. The lowest BCUT2D eigenvalue weighted by Gasteiger charge is -2.13. The second-order valence-corrected chi connectivity index (χ2v) is 7.07. The van der Waals surface area contributed by atoms with Crippen molar-refractivity contribution in [2.75, 3.05) is 7.11 Å². The van der Waals surface area contributed by atoms with Crippen molar-refractivity contribution in [3.8, 4) is 17.2 Å². The van der Waals surface area contributed by atoms with Gasteiger partial charge in [-0.15, -0.1) is 0 Å². The van der Waals surface area contributed by atoms with Gasteiger partial charge in [0.25, 0.3) is 5.91 Å². The van der Waals surface area contributed by atoms with Crippen LogP contribution in [0.25, 0.3) is 0 Å². The van der Waals surface area contributed by atoms with Gasteiger partial charge in [0, 0.05) is 10.6 Å². The summed E-state index contributed by atoms with van der Waals surface area (Å²) in [7, 11) is 1.63. The van der Waals surface area contributed by atoms with Gasteiger partial charge >= 0.3 is 0 Å². The predicted molar refractivity (Wildman–Crippen MR) is 121 cm³/mol. The number of nitrogens with one attached hydrogen (secondary N) is 1. The Labute approximate surface area is 186 Å². The van der Waals surface area contributed by atoms with E-state index in [1.54, 1.807) is 38.3 Å². The van der Waals surface area contributed by atoms with Crippen LogP contribution in [0.5, 0.6) is 17.2 Å². The Morgan fingerprint density at radius 3 is 2.65 bits per heavy atom. The quantitative estimate of drug-likeness (QED) is 0.383. The second-order valence-electron chi connectivity index (χ2n) is 6.63. The van der Waals surface area contributed by atoms with E-state index in [2.05, 4.69) is 10.5 Å². The Kier molecular flexibility index (Phi) is 7.90. The highest BCUT2D eigenvalue weighted by Crippen LogP contribution is 2.20. The zero-order chi connectivity index (χ0) is 22.1. The van der Waals surface area contributed by atoms with Gasteiger partial charge in [0.05, 0.1) is 13.3 Å².